The van der Waals surface area contributed by atoms with Gasteiger partial charge in [0.1, 0.15) is 6.10 Å². The van der Waals surface area contributed by atoms with Crippen LogP contribution in [0.2, 0.25) is 0 Å². The second kappa shape index (κ2) is 16.5. The van der Waals surface area contributed by atoms with Gasteiger partial charge in [-0.3, -0.25) is 5.26 Å². The number of rotatable bonds is 16. The van der Waals surface area contributed by atoms with Crippen LogP contribution in [-0.4, -0.2) is 17.3 Å². The number of carboxylic acids is 1. The van der Waals surface area contributed by atoms with E-state index in [1.54, 1.807) is 0 Å². The predicted molar refractivity (Wildman–Crippen MR) is 87.3 cm³/mol. The molecule has 0 saturated heterocycles. The summed E-state index contributed by atoms with van der Waals surface area (Å²) in [5.41, 5.74) is 0. The van der Waals surface area contributed by atoms with Gasteiger partial charge in [0, 0.05) is 5.97 Å². The molecule has 0 aromatic carbocycles. The van der Waals surface area contributed by atoms with Crippen molar-refractivity contribution in [2.45, 2.75) is 96.5 Å². The van der Waals surface area contributed by atoms with Crippen molar-refractivity contribution in [2.24, 2.45) is 0 Å². The number of carboxylic acid groups (broad SMARTS) is 1. The summed E-state index contributed by atoms with van der Waals surface area (Å²) in [5, 5.41) is 19.1. The van der Waals surface area contributed by atoms with Crippen LogP contribution in [0.4, 0.5) is 0 Å². The van der Waals surface area contributed by atoms with Gasteiger partial charge in [0.25, 0.3) is 0 Å². The van der Waals surface area contributed by atoms with Gasteiger partial charge in [0.2, 0.25) is 0 Å². The first kappa shape index (κ1) is 21.1. The zero-order chi connectivity index (χ0) is 16.5. The third-order valence-corrected chi connectivity index (χ3v) is 3.83. The molecule has 0 aliphatic heterocycles. The highest BCUT2D eigenvalue weighted by Gasteiger charge is 2.03. The minimum Gasteiger partial charge on any atom is -0.550 e. The molecule has 0 bridgehead atoms. The van der Waals surface area contributed by atoms with Crippen molar-refractivity contribution < 1.29 is 20.0 Å². The Morgan fingerprint density at radius 3 is 2.36 bits per heavy atom. The van der Waals surface area contributed by atoms with Crippen LogP contribution in [0.25, 0.3) is 0 Å². The molecule has 0 aliphatic rings. The number of carbonyl (C=O) groups excluding carboxylic acids is 1. The second-order valence-electron chi connectivity index (χ2n) is 5.95. The number of allylic oxidation sites excluding steroid dienone is 1. The summed E-state index contributed by atoms with van der Waals surface area (Å²) in [7, 11) is 0. The van der Waals surface area contributed by atoms with Crippen molar-refractivity contribution in [3.8, 4) is 0 Å². The Kier molecular flexibility index (Phi) is 15.8. The average molecular weight is 313 g/mol. The van der Waals surface area contributed by atoms with Crippen LogP contribution >= 0.6 is 0 Å². The Bertz CT molecular complexity index is 276. The highest BCUT2D eigenvalue weighted by atomic mass is 17.1. The van der Waals surface area contributed by atoms with Gasteiger partial charge in [0.15, 0.2) is 0 Å². The van der Waals surface area contributed by atoms with Crippen LogP contribution < -0.4 is 5.11 Å². The monoisotopic (exact) mass is 313 g/mol. The van der Waals surface area contributed by atoms with Crippen molar-refractivity contribution in [1.29, 1.82) is 0 Å². The molecule has 130 valence electrons. The Morgan fingerprint density at radius 1 is 1.05 bits per heavy atom. The molecule has 1 N–H and O–H groups in total. The second-order valence-corrected chi connectivity index (χ2v) is 5.95. The fourth-order valence-corrected chi connectivity index (χ4v) is 2.44. The number of unbranched alkanes of at least 4 members (excludes halogenated alkanes) is 9. The maximum atomic E-state index is 10.3. The third-order valence-electron chi connectivity index (χ3n) is 3.83. The summed E-state index contributed by atoms with van der Waals surface area (Å²) in [6.07, 6.45) is 16.9. The van der Waals surface area contributed by atoms with Crippen molar-refractivity contribution >= 4 is 5.97 Å². The quantitative estimate of drug-likeness (QED) is 0.200. The molecule has 1 atom stereocenters. The van der Waals surface area contributed by atoms with Gasteiger partial charge in [0.05, 0.1) is 0 Å². The van der Waals surface area contributed by atoms with E-state index >= 15 is 0 Å². The Labute approximate surface area is 135 Å². The lowest BCUT2D eigenvalue weighted by Gasteiger charge is -2.08. The van der Waals surface area contributed by atoms with Crippen LogP contribution in [0.15, 0.2) is 12.2 Å². The van der Waals surface area contributed by atoms with Gasteiger partial charge in [-0.25, -0.2) is 4.89 Å². The highest BCUT2D eigenvalue weighted by molar-refractivity contribution is 5.63. The van der Waals surface area contributed by atoms with Gasteiger partial charge < -0.3 is 9.90 Å². The molecule has 0 saturated carbocycles. The van der Waals surface area contributed by atoms with E-state index in [9.17, 15) is 9.90 Å². The first-order valence-electron chi connectivity index (χ1n) is 8.87. The number of hydrogen-bond acceptors (Lipinski definition) is 4. The summed E-state index contributed by atoms with van der Waals surface area (Å²) in [6, 6.07) is 0. The van der Waals surface area contributed by atoms with E-state index in [0.717, 1.165) is 38.5 Å². The van der Waals surface area contributed by atoms with E-state index in [0.29, 0.717) is 6.42 Å². The molecule has 4 heteroatoms. The summed E-state index contributed by atoms with van der Waals surface area (Å²) >= 11 is 0. The largest absolute Gasteiger partial charge is 0.550 e. The lowest BCUT2D eigenvalue weighted by molar-refractivity contribution is -0.305. The molecule has 0 fully saturated rings. The molecular weight excluding hydrogens is 280 g/mol. The molecule has 0 aliphatic carbocycles. The molecule has 0 aromatic heterocycles. The summed E-state index contributed by atoms with van der Waals surface area (Å²) in [6.45, 7) is 2.21. The van der Waals surface area contributed by atoms with Crippen molar-refractivity contribution in [3.63, 3.8) is 0 Å². The minimum atomic E-state index is -0.964. The molecule has 0 rings (SSSR count). The fraction of sp³-hybridized carbons (Fsp3) is 0.833. The van der Waals surface area contributed by atoms with Crippen molar-refractivity contribution in [2.75, 3.05) is 0 Å². The van der Waals surface area contributed by atoms with E-state index in [-0.39, 0.29) is 12.5 Å². The molecule has 0 radical (unpaired) electrons. The molecule has 0 aromatic rings. The summed E-state index contributed by atoms with van der Waals surface area (Å²) < 4.78 is 0. The zero-order valence-corrected chi connectivity index (χ0v) is 14.1. The number of carbonyl (C=O) groups is 1. The number of hydrogen-bond donors (Lipinski definition) is 1. The summed E-state index contributed by atoms with van der Waals surface area (Å²) in [4.78, 5) is 14.7. The van der Waals surface area contributed by atoms with Crippen LogP contribution in [-0.2, 0) is 9.68 Å². The van der Waals surface area contributed by atoms with Gasteiger partial charge in [-0.2, -0.15) is 0 Å². The van der Waals surface area contributed by atoms with Crippen LogP contribution in [0, 0.1) is 0 Å². The number of aliphatic carboxylic acids is 1. The van der Waals surface area contributed by atoms with Crippen LogP contribution in [0.3, 0.4) is 0 Å². The van der Waals surface area contributed by atoms with Crippen molar-refractivity contribution in [1.82, 2.24) is 0 Å². The fourth-order valence-electron chi connectivity index (χ4n) is 2.44. The Morgan fingerprint density at radius 2 is 1.68 bits per heavy atom. The average Bonchev–Trinajstić information content (AvgIpc) is 2.50. The van der Waals surface area contributed by atoms with Gasteiger partial charge in [-0.05, 0) is 32.1 Å². The van der Waals surface area contributed by atoms with E-state index in [2.05, 4.69) is 17.9 Å². The van der Waals surface area contributed by atoms with Gasteiger partial charge >= 0.3 is 0 Å². The molecule has 4 nitrogen and oxygen atoms in total. The third kappa shape index (κ3) is 15.5. The standard InChI is InChI=1S/C18H34O4/c1-2-3-4-5-6-8-11-14-17(22-21)15-12-9-7-10-13-16-18(19)20/h11,14,17,21H,2-10,12-13,15-16H2,1H3,(H,19,20)/p-1/b14-11+. The van der Waals surface area contributed by atoms with Crippen molar-refractivity contribution in [3.05, 3.63) is 12.2 Å². The molecule has 0 spiro atoms. The van der Waals surface area contributed by atoms with E-state index < -0.39 is 5.97 Å². The highest BCUT2D eigenvalue weighted by Crippen LogP contribution is 2.12. The zero-order valence-electron chi connectivity index (χ0n) is 14.1. The molecular formula is C18H33O4-. The topological polar surface area (TPSA) is 69.6 Å². The molecule has 1 unspecified atom stereocenters. The first-order chi connectivity index (χ1) is 10.7. The Balaban J connectivity index is 3.47. The maximum Gasteiger partial charge on any atom is 0.111 e. The smallest absolute Gasteiger partial charge is 0.111 e. The summed E-state index contributed by atoms with van der Waals surface area (Å²) in [5.74, 6) is -0.964. The Hall–Kier alpha value is -0.870. The molecule has 0 heterocycles. The van der Waals surface area contributed by atoms with Gasteiger partial charge in [-0.15, -0.1) is 0 Å². The van der Waals surface area contributed by atoms with E-state index in [1.807, 2.05) is 6.08 Å². The molecule has 0 amide bonds. The first-order valence-corrected chi connectivity index (χ1v) is 8.87. The van der Waals surface area contributed by atoms with Crippen LogP contribution in [0.1, 0.15) is 90.4 Å². The normalized spacial score (nSPS) is 12.8. The molecule has 22 heavy (non-hydrogen) atoms. The SMILES string of the molecule is CCCCCCC/C=C/C(CCCCCCCC(=O)[O-])OO. The lowest BCUT2D eigenvalue weighted by Crippen LogP contribution is -2.21. The van der Waals surface area contributed by atoms with E-state index in [4.69, 9.17) is 5.26 Å². The van der Waals surface area contributed by atoms with E-state index in [1.165, 1.54) is 32.1 Å². The predicted octanol–water partition coefficient (Wildman–Crippen LogP) is 4.24. The van der Waals surface area contributed by atoms with Gasteiger partial charge in [-0.1, -0.05) is 70.4 Å². The van der Waals surface area contributed by atoms with Crippen LogP contribution in [0.5, 0.6) is 0 Å². The minimum absolute atomic E-state index is 0.156. The lowest BCUT2D eigenvalue weighted by atomic mass is 10.1. The maximum absolute atomic E-state index is 10.3.